The number of hydrogen-bond donors (Lipinski definition) is 1. The summed E-state index contributed by atoms with van der Waals surface area (Å²) in [4.78, 5) is 10.6. The number of benzene rings is 1. The Hall–Kier alpha value is -2.81. The molecule has 1 aromatic heterocycles. The first-order chi connectivity index (χ1) is 11.3. The van der Waals surface area contributed by atoms with Gasteiger partial charge in [0, 0.05) is 31.4 Å². The van der Waals surface area contributed by atoms with Gasteiger partial charge in [-0.15, -0.1) is 0 Å². The number of methoxy groups -OCH3 is 1. The maximum absolute atomic E-state index is 8.72. The van der Waals surface area contributed by atoms with Gasteiger partial charge in [0.25, 0.3) is 0 Å². The zero-order chi connectivity index (χ0) is 16.1. The molecular formula is C17H19N5O. The van der Waals surface area contributed by atoms with Gasteiger partial charge in [-0.25, -0.2) is 9.97 Å². The van der Waals surface area contributed by atoms with Crippen molar-refractivity contribution in [2.75, 3.05) is 37.0 Å². The van der Waals surface area contributed by atoms with Gasteiger partial charge in [0.05, 0.1) is 19.5 Å². The van der Waals surface area contributed by atoms with Crippen molar-refractivity contribution in [2.24, 2.45) is 5.92 Å². The second kappa shape index (κ2) is 6.97. The number of rotatable bonds is 5. The van der Waals surface area contributed by atoms with Gasteiger partial charge in [-0.2, -0.15) is 5.26 Å². The van der Waals surface area contributed by atoms with E-state index in [0.29, 0.717) is 17.4 Å². The van der Waals surface area contributed by atoms with E-state index >= 15 is 0 Å². The first kappa shape index (κ1) is 15.1. The van der Waals surface area contributed by atoms with Crippen LogP contribution in [0.2, 0.25) is 0 Å². The molecule has 0 spiro atoms. The molecule has 1 saturated heterocycles. The number of ether oxygens (including phenoxy) is 1. The Morgan fingerprint density at radius 2 is 2.30 bits per heavy atom. The van der Waals surface area contributed by atoms with Crippen molar-refractivity contribution in [1.82, 2.24) is 9.97 Å². The number of hydrogen-bond acceptors (Lipinski definition) is 6. The summed E-state index contributed by atoms with van der Waals surface area (Å²) in [6.45, 7) is 2.89. The Morgan fingerprint density at radius 1 is 1.39 bits per heavy atom. The molecule has 1 atom stereocenters. The van der Waals surface area contributed by atoms with E-state index in [1.54, 1.807) is 13.3 Å². The summed E-state index contributed by atoms with van der Waals surface area (Å²) >= 11 is 0. The fourth-order valence-electron chi connectivity index (χ4n) is 2.77. The molecule has 1 fully saturated rings. The third-order valence-corrected chi connectivity index (χ3v) is 4.04. The van der Waals surface area contributed by atoms with Gasteiger partial charge >= 0.3 is 0 Å². The Labute approximate surface area is 135 Å². The maximum atomic E-state index is 8.72. The van der Waals surface area contributed by atoms with Gasteiger partial charge < -0.3 is 15.0 Å². The molecule has 0 bridgehead atoms. The van der Waals surface area contributed by atoms with E-state index < -0.39 is 0 Å². The van der Waals surface area contributed by atoms with E-state index in [4.69, 9.17) is 10.00 Å². The summed E-state index contributed by atoms with van der Waals surface area (Å²) in [5.41, 5.74) is 1.53. The van der Waals surface area contributed by atoms with Crippen molar-refractivity contribution in [2.45, 2.75) is 6.42 Å². The van der Waals surface area contributed by atoms with Crippen LogP contribution in [-0.2, 0) is 0 Å². The van der Waals surface area contributed by atoms with Crippen LogP contribution in [0.3, 0.4) is 0 Å². The lowest BCUT2D eigenvalue weighted by Crippen LogP contribution is -2.22. The molecule has 0 radical (unpaired) electrons. The van der Waals surface area contributed by atoms with E-state index in [0.717, 1.165) is 31.8 Å². The monoisotopic (exact) mass is 309 g/mol. The standard InChI is InChI=1S/C17H19N5O/c1-23-16-4-2-3-15(7-16)22-6-5-13(12-22)9-20-17-11-19-14(8-18)10-21-17/h2-4,7,10-11,13H,5-6,9,12H2,1H3,(H,20,21)/t13-/m1/s1. The third kappa shape index (κ3) is 3.69. The van der Waals surface area contributed by atoms with Gasteiger partial charge in [0.15, 0.2) is 5.69 Å². The van der Waals surface area contributed by atoms with Gasteiger partial charge in [-0.1, -0.05) is 6.07 Å². The Bertz CT molecular complexity index is 695. The molecule has 0 amide bonds. The van der Waals surface area contributed by atoms with Crippen molar-refractivity contribution < 1.29 is 4.74 Å². The van der Waals surface area contributed by atoms with Gasteiger partial charge in [0.1, 0.15) is 17.6 Å². The summed E-state index contributed by atoms with van der Waals surface area (Å²) in [5, 5.41) is 12.0. The Morgan fingerprint density at radius 3 is 3.04 bits per heavy atom. The Balaban J connectivity index is 1.54. The minimum absolute atomic E-state index is 0.334. The molecule has 6 heteroatoms. The molecule has 2 aromatic rings. The van der Waals surface area contributed by atoms with E-state index in [1.165, 1.54) is 11.9 Å². The summed E-state index contributed by atoms with van der Waals surface area (Å²) in [6.07, 6.45) is 4.22. The maximum Gasteiger partial charge on any atom is 0.158 e. The molecule has 0 saturated carbocycles. The number of aromatic nitrogens is 2. The highest BCUT2D eigenvalue weighted by Crippen LogP contribution is 2.26. The summed E-state index contributed by atoms with van der Waals surface area (Å²) in [5.74, 6) is 2.15. The third-order valence-electron chi connectivity index (χ3n) is 4.04. The predicted octanol–water partition coefficient (Wildman–Crippen LogP) is 2.30. The highest BCUT2D eigenvalue weighted by Gasteiger charge is 2.22. The van der Waals surface area contributed by atoms with E-state index in [2.05, 4.69) is 32.3 Å². The van der Waals surface area contributed by atoms with Crippen LogP contribution in [0, 0.1) is 17.2 Å². The van der Waals surface area contributed by atoms with Crippen LogP contribution < -0.4 is 15.0 Å². The van der Waals surface area contributed by atoms with Crippen LogP contribution in [-0.4, -0.2) is 36.7 Å². The molecule has 1 N–H and O–H groups in total. The van der Waals surface area contributed by atoms with Crippen LogP contribution in [0.15, 0.2) is 36.7 Å². The predicted molar refractivity (Wildman–Crippen MR) is 88.6 cm³/mol. The number of nitrogens with zero attached hydrogens (tertiary/aromatic N) is 4. The summed E-state index contributed by atoms with van der Waals surface area (Å²) in [6, 6.07) is 10.1. The molecule has 6 nitrogen and oxygen atoms in total. The van der Waals surface area contributed by atoms with Gasteiger partial charge in [0.2, 0.25) is 0 Å². The fraction of sp³-hybridized carbons (Fsp3) is 0.353. The average Bonchev–Trinajstić information content (AvgIpc) is 3.09. The molecule has 0 unspecified atom stereocenters. The Kier molecular flexibility index (Phi) is 4.57. The summed E-state index contributed by atoms with van der Waals surface area (Å²) < 4.78 is 5.29. The molecule has 2 heterocycles. The van der Waals surface area contributed by atoms with Crippen molar-refractivity contribution in [1.29, 1.82) is 5.26 Å². The largest absolute Gasteiger partial charge is 0.497 e. The van der Waals surface area contributed by atoms with Crippen LogP contribution in [0.4, 0.5) is 11.5 Å². The van der Waals surface area contributed by atoms with Gasteiger partial charge in [-0.05, 0) is 24.5 Å². The second-order valence-corrected chi connectivity index (χ2v) is 5.58. The SMILES string of the molecule is COc1cccc(N2CC[C@H](CNc3cnc(C#N)cn3)C2)c1. The topological polar surface area (TPSA) is 74.1 Å². The van der Waals surface area contributed by atoms with Crippen LogP contribution >= 0.6 is 0 Å². The van der Waals surface area contributed by atoms with Crippen molar-refractivity contribution in [3.8, 4) is 11.8 Å². The minimum Gasteiger partial charge on any atom is -0.497 e. The van der Waals surface area contributed by atoms with Crippen molar-refractivity contribution >= 4 is 11.5 Å². The molecule has 1 aromatic carbocycles. The van der Waals surface area contributed by atoms with Crippen LogP contribution in [0.25, 0.3) is 0 Å². The highest BCUT2D eigenvalue weighted by atomic mass is 16.5. The smallest absolute Gasteiger partial charge is 0.158 e. The lowest BCUT2D eigenvalue weighted by Gasteiger charge is -2.19. The lowest BCUT2D eigenvalue weighted by atomic mass is 10.1. The zero-order valence-corrected chi connectivity index (χ0v) is 13.1. The fourth-order valence-corrected chi connectivity index (χ4v) is 2.77. The van der Waals surface area contributed by atoms with E-state index in [9.17, 15) is 0 Å². The molecular weight excluding hydrogens is 290 g/mol. The molecule has 1 aliphatic rings. The molecule has 3 rings (SSSR count). The van der Waals surface area contributed by atoms with E-state index in [-0.39, 0.29) is 0 Å². The van der Waals surface area contributed by atoms with Crippen LogP contribution in [0.5, 0.6) is 5.75 Å². The molecule has 23 heavy (non-hydrogen) atoms. The highest BCUT2D eigenvalue weighted by molar-refractivity contribution is 5.51. The lowest BCUT2D eigenvalue weighted by molar-refractivity contribution is 0.415. The van der Waals surface area contributed by atoms with Crippen molar-refractivity contribution in [3.63, 3.8) is 0 Å². The summed E-state index contributed by atoms with van der Waals surface area (Å²) in [7, 11) is 1.69. The van der Waals surface area contributed by atoms with Crippen molar-refractivity contribution in [3.05, 3.63) is 42.4 Å². The zero-order valence-electron chi connectivity index (χ0n) is 13.1. The molecule has 118 valence electrons. The van der Waals surface area contributed by atoms with Gasteiger partial charge in [-0.3, -0.25) is 0 Å². The molecule has 0 aliphatic carbocycles. The molecule has 1 aliphatic heterocycles. The number of anilines is 2. The normalized spacial score (nSPS) is 16.9. The number of nitriles is 1. The van der Waals surface area contributed by atoms with Crippen LogP contribution in [0.1, 0.15) is 12.1 Å². The average molecular weight is 309 g/mol. The second-order valence-electron chi connectivity index (χ2n) is 5.58. The minimum atomic E-state index is 0.334. The van der Waals surface area contributed by atoms with E-state index in [1.807, 2.05) is 18.2 Å². The quantitative estimate of drug-likeness (QED) is 0.913. The first-order valence-corrected chi connectivity index (χ1v) is 7.63. The number of nitrogens with one attached hydrogen (secondary N) is 1. The first-order valence-electron chi connectivity index (χ1n) is 7.63.